The summed E-state index contributed by atoms with van der Waals surface area (Å²) in [5.41, 5.74) is 5.23. The summed E-state index contributed by atoms with van der Waals surface area (Å²) in [7, 11) is 0. The van der Waals surface area contributed by atoms with E-state index in [9.17, 15) is 24.0 Å². The highest BCUT2D eigenvalue weighted by molar-refractivity contribution is 8.18. The molecule has 1 saturated carbocycles. The van der Waals surface area contributed by atoms with Crippen LogP contribution in [0.2, 0.25) is 0 Å². The zero-order valence-corrected chi connectivity index (χ0v) is 25.0. The Balaban J connectivity index is 1.87. The van der Waals surface area contributed by atoms with Gasteiger partial charge >= 0.3 is 6.09 Å². The first-order valence-corrected chi connectivity index (χ1v) is 16.2. The molecule has 220 valence electrons. The molecule has 2 saturated heterocycles. The third-order valence-corrected chi connectivity index (χ3v) is 10.9. The number of amides is 4. The summed E-state index contributed by atoms with van der Waals surface area (Å²) >= 11 is 3.53. The van der Waals surface area contributed by atoms with E-state index >= 15 is 0 Å². The summed E-state index contributed by atoms with van der Waals surface area (Å²) in [6.07, 6.45) is 6.37. The number of primary amides is 1. The van der Waals surface area contributed by atoms with Crippen molar-refractivity contribution in [3.05, 3.63) is 0 Å². The number of nitrogens with two attached hydrogens (primary N) is 1. The normalized spacial score (nSPS) is 22.8. The number of carbonyl (C=O) groups is 5. The van der Waals surface area contributed by atoms with Crippen molar-refractivity contribution in [3.63, 3.8) is 0 Å². The van der Waals surface area contributed by atoms with Crippen molar-refractivity contribution in [2.24, 2.45) is 17.6 Å². The van der Waals surface area contributed by atoms with E-state index in [2.05, 4.69) is 10.6 Å². The molecule has 0 aromatic heterocycles. The molecule has 3 rings (SSSR count). The lowest BCUT2D eigenvalue weighted by molar-refractivity contribution is -0.143. The van der Waals surface area contributed by atoms with Gasteiger partial charge in [0, 0.05) is 13.0 Å². The number of hydrogen-bond acceptors (Lipinski definition) is 8. The highest BCUT2D eigenvalue weighted by Crippen LogP contribution is 2.50. The minimum atomic E-state index is -1.09. The van der Waals surface area contributed by atoms with Crippen LogP contribution in [-0.2, 0) is 23.9 Å². The molecule has 39 heavy (non-hydrogen) atoms. The second-order valence-electron chi connectivity index (χ2n) is 11.2. The maximum absolute atomic E-state index is 14.2. The van der Waals surface area contributed by atoms with Gasteiger partial charge in [-0.3, -0.25) is 19.2 Å². The molecule has 3 atom stereocenters. The van der Waals surface area contributed by atoms with Crippen LogP contribution in [0.25, 0.3) is 0 Å². The van der Waals surface area contributed by atoms with Gasteiger partial charge in [-0.15, -0.1) is 23.5 Å². The fourth-order valence-electron chi connectivity index (χ4n) is 5.57. The molecule has 0 aromatic rings. The zero-order valence-electron chi connectivity index (χ0n) is 23.4. The van der Waals surface area contributed by atoms with Crippen LogP contribution in [0.3, 0.4) is 0 Å². The number of thioether (sulfide) groups is 2. The lowest BCUT2D eigenvalue weighted by Gasteiger charge is -2.35. The number of alkyl carbamates (subject to hydrolysis) is 1. The van der Waals surface area contributed by atoms with Crippen molar-refractivity contribution >= 4 is 53.1 Å². The van der Waals surface area contributed by atoms with E-state index in [4.69, 9.17) is 10.5 Å². The van der Waals surface area contributed by atoms with Gasteiger partial charge in [-0.05, 0) is 49.0 Å². The van der Waals surface area contributed by atoms with Crippen LogP contribution in [0, 0.1) is 11.8 Å². The van der Waals surface area contributed by atoms with E-state index in [0.717, 1.165) is 50.0 Å². The third kappa shape index (κ3) is 8.52. The van der Waals surface area contributed by atoms with Crippen LogP contribution in [0.1, 0.15) is 78.6 Å². The first-order chi connectivity index (χ1) is 18.6. The number of hydrogen-bond donors (Lipinski definition) is 3. The molecule has 3 aliphatic rings. The van der Waals surface area contributed by atoms with Crippen LogP contribution in [0.4, 0.5) is 4.79 Å². The lowest BCUT2D eigenvalue weighted by Crippen LogP contribution is -2.58. The van der Waals surface area contributed by atoms with E-state index < -0.39 is 41.8 Å². The first kappa shape index (κ1) is 31.6. The molecule has 4 N–H and O–H groups in total. The van der Waals surface area contributed by atoms with Crippen LogP contribution < -0.4 is 16.4 Å². The van der Waals surface area contributed by atoms with Crippen LogP contribution >= 0.6 is 23.5 Å². The predicted octanol–water partition coefficient (Wildman–Crippen LogP) is 2.82. The molecule has 4 amide bonds. The smallest absolute Gasteiger partial charge is 0.407 e. The zero-order chi connectivity index (χ0) is 28.6. The van der Waals surface area contributed by atoms with Gasteiger partial charge in [-0.1, -0.05) is 46.5 Å². The number of Topliss-reactive ketones (excluding diaryl/α,β-unsaturated/α-hetero) is 1. The summed E-state index contributed by atoms with van der Waals surface area (Å²) in [6.45, 7) is 6.35. The Hall–Kier alpha value is -1.95. The van der Waals surface area contributed by atoms with Gasteiger partial charge in [0.1, 0.15) is 12.1 Å². The Morgan fingerprint density at radius 2 is 1.69 bits per heavy atom. The van der Waals surface area contributed by atoms with Crippen LogP contribution in [-0.4, -0.2) is 81.4 Å². The Morgan fingerprint density at radius 1 is 1.03 bits per heavy atom. The standard InChI is InChI=1S/C27H44N4O6S2/c1-4-9-19(22(32)23(28)33)29-24(34)20-14-27(38-12-8-13-39-27)16-31(20)25(35)21(18-10-6-5-7-11-18)30-26(36)37-15-17(2)3/h17-21H,4-16H2,1-3H3,(H2,28,33)(H,29,34)(H,30,36). The van der Waals surface area contributed by atoms with Crippen molar-refractivity contribution in [3.8, 4) is 0 Å². The van der Waals surface area contributed by atoms with Crippen LogP contribution in [0.5, 0.6) is 0 Å². The Kier molecular flexibility index (Phi) is 11.8. The van der Waals surface area contributed by atoms with Gasteiger partial charge in [0.25, 0.3) is 5.91 Å². The van der Waals surface area contributed by atoms with E-state index in [0.29, 0.717) is 19.4 Å². The maximum atomic E-state index is 14.2. The molecule has 2 aliphatic heterocycles. The number of nitrogens with one attached hydrogen (secondary N) is 2. The second-order valence-corrected chi connectivity index (χ2v) is 14.5. The molecule has 1 spiro atoms. The van der Waals surface area contributed by atoms with Gasteiger partial charge in [0.05, 0.1) is 16.7 Å². The largest absolute Gasteiger partial charge is 0.449 e. The number of likely N-dealkylation sites (tertiary alicyclic amines) is 1. The summed E-state index contributed by atoms with van der Waals surface area (Å²) in [4.78, 5) is 66.2. The third-order valence-electron chi connectivity index (χ3n) is 7.56. The molecule has 3 fully saturated rings. The van der Waals surface area contributed by atoms with Gasteiger partial charge < -0.3 is 26.0 Å². The Bertz CT molecular complexity index is 905. The maximum Gasteiger partial charge on any atom is 0.407 e. The highest BCUT2D eigenvalue weighted by Gasteiger charge is 2.52. The first-order valence-electron chi connectivity index (χ1n) is 14.2. The minimum absolute atomic E-state index is 0.0472. The summed E-state index contributed by atoms with van der Waals surface area (Å²) in [6, 6.07) is -2.65. The average Bonchev–Trinajstić information content (AvgIpc) is 3.29. The molecular weight excluding hydrogens is 540 g/mol. The molecule has 0 bridgehead atoms. The van der Waals surface area contributed by atoms with Crippen molar-refractivity contribution < 1.29 is 28.7 Å². The molecule has 0 radical (unpaired) electrons. The van der Waals surface area contributed by atoms with E-state index in [1.165, 1.54) is 0 Å². The molecule has 0 aromatic carbocycles. The van der Waals surface area contributed by atoms with Crippen LogP contribution in [0.15, 0.2) is 0 Å². The molecule has 2 heterocycles. The fourth-order valence-corrected chi connectivity index (χ4v) is 8.92. The average molecular weight is 585 g/mol. The lowest BCUT2D eigenvalue weighted by atomic mass is 9.83. The molecule has 3 unspecified atom stereocenters. The number of ether oxygens (including phenoxy) is 1. The number of nitrogens with zero attached hydrogens (tertiary/aromatic N) is 1. The van der Waals surface area contributed by atoms with Gasteiger partial charge in [0.15, 0.2) is 0 Å². The van der Waals surface area contributed by atoms with E-state index in [1.807, 2.05) is 20.8 Å². The quantitative estimate of drug-likeness (QED) is 0.314. The summed E-state index contributed by atoms with van der Waals surface area (Å²) < 4.78 is 5.03. The Morgan fingerprint density at radius 3 is 2.28 bits per heavy atom. The van der Waals surface area contributed by atoms with Gasteiger partial charge in [0.2, 0.25) is 17.6 Å². The predicted molar refractivity (Wildman–Crippen MR) is 153 cm³/mol. The molecule has 10 nitrogen and oxygen atoms in total. The van der Waals surface area contributed by atoms with Crippen molar-refractivity contribution in [2.45, 2.75) is 101 Å². The number of rotatable bonds is 11. The van der Waals surface area contributed by atoms with E-state index in [1.54, 1.807) is 28.4 Å². The minimum Gasteiger partial charge on any atom is -0.449 e. The highest BCUT2D eigenvalue weighted by atomic mass is 32.2. The topological polar surface area (TPSA) is 148 Å². The van der Waals surface area contributed by atoms with Crippen molar-refractivity contribution in [1.82, 2.24) is 15.5 Å². The van der Waals surface area contributed by atoms with Gasteiger partial charge in [-0.25, -0.2) is 4.79 Å². The Labute approximate surface area is 240 Å². The number of carbonyl (C=O) groups excluding carboxylic acids is 5. The monoisotopic (exact) mass is 584 g/mol. The van der Waals surface area contributed by atoms with Crippen molar-refractivity contribution in [1.29, 1.82) is 0 Å². The summed E-state index contributed by atoms with van der Waals surface area (Å²) in [5, 5.41) is 5.58. The molecular formula is C27H44N4O6S2. The molecule has 12 heteroatoms. The second kappa shape index (κ2) is 14.6. The fraction of sp³-hybridized carbons (Fsp3) is 0.815. The summed E-state index contributed by atoms with van der Waals surface area (Å²) in [5.74, 6) is -0.706. The van der Waals surface area contributed by atoms with Gasteiger partial charge in [-0.2, -0.15) is 0 Å². The molecule has 1 aliphatic carbocycles. The van der Waals surface area contributed by atoms with Crippen molar-refractivity contribution in [2.75, 3.05) is 24.7 Å². The number of ketones is 1. The van der Waals surface area contributed by atoms with E-state index in [-0.39, 0.29) is 34.8 Å². The SMILES string of the molecule is CCCC(NC(=O)C1CC2(CN1C(=O)C(NC(=O)OCC(C)C)C1CCCCC1)SCCCS2)C(=O)C(N)=O.